The van der Waals surface area contributed by atoms with Gasteiger partial charge in [-0.05, 0) is 36.8 Å². The van der Waals surface area contributed by atoms with Crippen molar-refractivity contribution in [1.29, 1.82) is 0 Å². The van der Waals surface area contributed by atoms with Crippen molar-refractivity contribution in [3.05, 3.63) is 60.2 Å². The van der Waals surface area contributed by atoms with Crippen LogP contribution in [0, 0.1) is 6.92 Å². The van der Waals surface area contributed by atoms with Crippen molar-refractivity contribution in [3.8, 4) is 5.75 Å². The Morgan fingerprint density at radius 3 is 2.19 bits per heavy atom. The highest BCUT2D eigenvalue weighted by atomic mass is 19.4. The standard InChI is InChI=1S/C21H23N3O.C2HF3O2/c1-16-15-21(22-18-8-4-3-7-17(16)18)24-13-11-23(12-14-24)19-9-5-6-10-20(19)25-2;3-2(4,5)1(6)7/h3-10,15H,11-14H2,1-2H3;(H,6,7). The number of carboxylic acids is 1. The summed E-state index contributed by atoms with van der Waals surface area (Å²) in [7, 11) is 1.73. The molecule has 4 rings (SSSR count). The van der Waals surface area contributed by atoms with Gasteiger partial charge in [0.1, 0.15) is 11.6 Å². The summed E-state index contributed by atoms with van der Waals surface area (Å²) >= 11 is 0. The molecular formula is C23H24F3N3O3. The van der Waals surface area contributed by atoms with E-state index in [4.69, 9.17) is 19.6 Å². The zero-order chi connectivity index (χ0) is 23.3. The number of aliphatic carboxylic acids is 1. The number of pyridine rings is 1. The number of benzene rings is 2. The number of methoxy groups -OCH3 is 1. The molecule has 0 radical (unpaired) electrons. The first-order valence-corrected chi connectivity index (χ1v) is 10.00. The first-order chi connectivity index (χ1) is 15.2. The molecule has 3 aromatic rings. The fourth-order valence-corrected chi connectivity index (χ4v) is 3.56. The van der Waals surface area contributed by atoms with E-state index in [0.717, 1.165) is 43.3 Å². The number of piperazine rings is 1. The fourth-order valence-electron chi connectivity index (χ4n) is 3.56. The van der Waals surface area contributed by atoms with Gasteiger partial charge in [0.05, 0.1) is 18.3 Å². The minimum Gasteiger partial charge on any atom is -0.495 e. The predicted octanol–water partition coefficient (Wildman–Crippen LogP) is 4.51. The summed E-state index contributed by atoms with van der Waals surface area (Å²) in [6, 6.07) is 18.8. The molecular weight excluding hydrogens is 423 g/mol. The smallest absolute Gasteiger partial charge is 0.490 e. The van der Waals surface area contributed by atoms with Crippen molar-refractivity contribution in [1.82, 2.24) is 4.98 Å². The molecule has 0 atom stereocenters. The molecule has 0 saturated carbocycles. The Hall–Kier alpha value is -3.49. The van der Waals surface area contributed by atoms with Crippen molar-refractivity contribution in [2.45, 2.75) is 13.1 Å². The summed E-state index contributed by atoms with van der Waals surface area (Å²) in [4.78, 5) is 18.5. The molecule has 1 aliphatic heterocycles. The number of anilines is 2. The number of nitrogens with zero attached hydrogens (tertiary/aromatic N) is 3. The second-order valence-electron chi connectivity index (χ2n) is 7.26. The molecule has 1 aromatic heterocycles. The zero-order valence-corrected chi connectivity index (χ0v) is 17.8. The third-order valence-corrected chi connectivity index (χ3v) is 5.18. The molecule has 0 spiro atoms. The van der Waals surface area contributed by atoms with Crippen molar-refractivity contribution < 1.29 is 27.8 Å². The predicted molar refractivity (Wildman–Crippen MR) is 118 cm³/mol. The second kappa shape index (κ2) is 9.76. The maximum atomic E-state index is 10.6. The maximum absolute atomic E-state index is 10.6. The van der Waals surface area contributed by atoms with Crippen LogP contribution >= 0.6 is 0 Å². The van der Waals surface area contributed by atoms with Crippen LogP contribution in [0.5, 0.6) is 5.75 Å². The van der Waals surface area contributed by atoms with Crippen LogP contribution < -0.4 is 14.5 Å². The van der Waals surface area contributed by atoms with E-state index in [-0.39, 0.29) is 0 Å². The number of aryl methyl sites for hydroxylation is 1. The van der Waals surface area contributed by atoms with Gasteiger partial charge in [-0.2, -0.15) is 13.2 Å². The quantitative estimate of drug-likeness (QED) is 0.637. The van der Waals surface area contributed by atoms with Crippen molar-refractivity contribution in [2.75, 3.05) is 43.1 Å². The monoisotopic (exact) mass is 447 g/mol. The van der Waals surface area contributed by atoms with E-state index in [1.54, 1.807) is 7.11 Å². The van der Waals surface area contributed by atoms with E-state index in [1.807, 2.05) is 12.1 Å². The van der Waals surface area contributed by atoms with Gasteiger partial charge >= 0.3 is 12.1 Å². The number of carbonyl (C=O) groups is 1. The molecule has 32 heavy (non-hydrogen) atoms. The van der Waals surface area contributed by atoms with Gasteiger partial charge in [-0.25, -0.2) is 9.78 Å². The van der Waals surface area contributed by atoms with Gasteiger partial charge in [0.2, 0.25) is 0 Å². The van der Waals surface area contributed by atoms with Crippen LogP contribution in [-0.2, 0) is 4.79 Å². The van der Waals surface area contributed by atoms with Gasteiger partial charge in [0.25, 0.3) is 0 Å². The topological polar surface area (TPSA) is 65.9 Å². The van der Waals surface area contributed by atoms with Crippen LogP contribution in [0.25, 0.3) is 10.9 Å². The molecule has 0 unspecified atom stereocenters. The number of rotatable bonds is 3. The summed E-state index contributed by atoms with van der Waals surface area (Å²) in [5, 5.41) is 8.36. The molecule has 0 amide bonds. The number of ether oxygens (including phenoxy) is 1. The second-order valence-corrected chi connectivity index (χ2v) is 7.26. The third-order valence-electron chi connectivity index (χ3n) is 5.18. The minimum absolute atomic E-state index is 0.940. The first-order valence-electron chi connectivity index (χ1n) is 10.00. The van der Waals surface area contributed by atoms with E-state index >= 15 is 0 Å². The molecule has 1 fully saturated rings. The molecule has 9 heteroatoms. The highest BCUT2D eigenvalue weighted by Crippen LogP contribution is 2.29. The van der Waals surface area contributed by atoms with Crippen LogP contribution in [0.4, 0.5) is 24.7 Å². The minimum atomic E-state index is -5.08. The van der Waals surface area contributed by atoms with Crippen LogP contribution in [0.15, 0.2) is 54.6 Å². The number of para-hydroxylation sites is 3. The van der Waals surface area contributed by atoms with Gasteiger partial charge in [-0.15, -0.1) is 0 Å². The van der Waals surface area contributed by atoms with Gasteiger partial charge in [0, 0.05) is 31.6 Å². The average Bonchev–Trinajstić information content (AvgIpc) is 2.79. The van der Waals surface area contributed by atoms with Gasteiger partial charge in [-0.3, -0.25) is 0 Å². The zero-order valence-electron chi connectivity index (χ0n) is 17.8. The summed E-state index contributed by atoms with van der Waals surface area (Å²) in [6.07, 6.45) is -5.08. The van der Waals surface area contributed by atoms with Crippen LogP contribution in [-0.4, -0.2) is 55.5 Å². The van der Waals surface area contributed by atoms with Crippen molar-refractivity contribution >= 4 is 28.4 Å². The first kappa shape index (κ1) is 23.2. The number of fused-ring (bicyclic) bond motifs is 1. The van der Waals surface area contributed by atoms with Crippen LogP contribution in [0.1, 0.15) is 5.56 Å². The summed E-state index contributed by atoms with van der Waals surface area (Å²) in [6.45, 7) is 6.02. The highest BCUT2D eigenvalue weighted by Gasteiger charge is 2.38. The lowest BCUT2D eigenvalue weighted by Gasteiger charge is -2.37. The van der Waals surface area contributed by atoms with E-state index < -0.39 is 12.1 Å². The molecule has 2 aromatic carbocycles. The Morgan fingerprint density at radius 1 is 1.00 bits per heavy atom. The fraction of sp³-hybridized carbons (Fsp3) is 0.304. The Bertz CT molecular complexity index is 1080. The average molecular weight is 447 g/mol. The van der Waals surface area contributed by atoms with Crippen molar-refractivity contribution in [3.63, 3.8) is 0 Å². The molecule has 1 N–H and O–H groups in total. The Labute approximate surface area is 183 Å². The number of carboxylic acid groups (broad SMARTS) is 1. The molecule has 2 heterocycles. The summed E-state index contributed by atoms with van der Waals surface area (Å²) < 4.78 is 37.2. The largest absolute Gasteiger partial charge is 0.495 e. The third kappa shape index (κ3) is 5.40. The number of hydrogen-bond donors (Lipinski definition) is 1. The Morgan fingerprint density at radius 2 is 1.56 bits per heavy atom. The molecule has 0 aliphatic carbocycles. The summed E-state index contributed by atoms with van der Waals surface area (Å²) in [5.41, 5.74) is 3.53. The highest BCUT2D eigenvalue weighted by molar-refractivity contribution is 5.83. The molecule has 1 aliphatic rings. The maximum Gasteiger partial charge on any atom is 0.490 e. The van der Waals surface area contributed by atoms with E-state index in [9.17, 15) is 13.2 Å². The van der Waals surface area contributed by atoms with E-state index in [1.165, 1.54) is 16.6 Å². The molecule has 6 nitrogen and oxygen atoms in total. The number of hydrogen-bond acceptors (Lipinski definition) is 5. The lowest BCUT2D eigenvalue weighted by atomic mass is 10.1. The van der Waals surface area contributed by atoms with Gasteiger partial charge in [0.15, 0.2) is 0 Å². The number of halogens is 3. The van der Waals surface area contributed by atoms with Gasteiger partial charge < -0.3 is 19.6 Å². The number of alkyl halides is 3. The SMILES string of the molecule is COc1ccccc1N1CCN(c2cc(C)c3ccccc3n2)CC1.O=C(O)C(F)(F)F. The van der Waals surface area contributed by atoms with E-state index in [0.29, 0.717) is 0 Å². The lowest BCUT2D eigenvalue weighted by molar-refractivity contribution is -0.192. The van der Waals surface area contributed by atoms with Crippen LogP contribution in [0.2, 0.25) is 0 Å². The van der Waals surface area contributed by atoms with Gasteiger partial charge in [-0.1, -0.05) is 30.3 Å². The normalized spacial score (nSPS) is 14.0. The lowest BCUT2D eigenvalue weighted by Crippen LogP contribution is -2.47. The van der Waals surface area contributed by atoms with Crippen molar-refractivity contribution in [2.24, 2.45) is 0 Å². The Balaban J connectivity index is 0.000000360. The summed E-state index contributed by atoms with van der Waals surface area (Å²) in [5.74, 6) is -0.737. The molecule has 0 bridgehead atoms. The van der Waals surface area contributed by atoms with E-state index in [2.05, 4.69) is 59.2 Å². The molecule has 170 valence electrons. The Kier molecular flexibility index (Phi) is 7.07. The number of aromatic nitrogens is 1. The van der Waals surface area contributed by atoms with Crippen LogP contribution in [0.3, 0.4) is 0 Å². The molecule has 1 saturated heterocycles.